The summed E-state index contributed by atoms with van der Waals surface area (Å²) in [6, 6.07) is 10.9. The summed E-state index contributed by atoms with van der Waals surface area (Å²) in [6.45, 7) is 5.38. The van der Waals surface area contributed by atoms with Gasteiger partial charge in [0, 0.05) is 22.3 Å². The van der Waals surface area contributed by atoms with Gasteiger partial charge in [0.05, 0.1) is 12.5 Å². The van der Waals surface area contributed by atoms with E-state index in [1.807, 2.05) is 24.1 Å². The number of rotatable bonds is 7. The van der Waals surface area contributed by atoms with Crippen LogP contribution in [0.2, 0.25) is 0 Å². The lowest BCUT2D eigenvalue weighted by Crippen LogP contribution is -2.23. The lowest BCUT2D eigenvalue weighted by molar-refractivity contribution is 0.540. The average molecular weight is 275 g/mol. The first-order valence-electron chi connectivity index (χ1n) is 6.75. The Morgan fingerprint density at radius 3 is 2.79 bits per heavy atom. The summed E-state index contributed by atoms with van der Waals surface area (Å²) in [4.78, 5) is 1.36. The Bertz CT molecular complexity index is 481. The fraction of sp³-hybridized carbons (Fsp3) is 0.375. The fourth-order valence-electron chi connectivity index (χ4n) is 1.96. The van der Waals surface area contributed by atoms with Crippen molar-refractivity contribution in [3.8, 4) is 0 Å². The van der Waals surface area contributed by atoms with Crippen LogP contribution in [0.25, 0.3) is 0 Å². The van der Waals surface area contributed by atoms with E-state index in [1.165, 1.54) is 16.0 Å². The normalized spacial score (nSPS) is 12.5. The minimum Gasteiger partial charge on any atom is -0.472 e. The zero-order valence-corrected chi connectivity index (χ0v) is 12.4. The molecule has 0 aliphatic rings. The summed E-state index contributed by atoms with van der Waals surface area (Å²) < 4.78 is 5.20. The zero-order chi connectivity index (χ0) is 13.5. The van der Waals surface area contributed by atoms with Crippen molar-refractivity contribution < 1.29 is 4.42 Å². The van der Waals surface area contributed by atoms with Crippen molar-refractivity contribution in [2.75, 3.05) is 12.3 Å². The van der Waals surface area contributed by atoms with Crippen LogP contribution in [-0.4, -0.2) is 12.3 Å². The Morgan fingerprint density at radius 1 is 1.26 bits per heavy atom. The van der Waals surface area contributed by atoms with E-state index in [1.54, 1.807) is 6.26 Å². The fourth-order valence-corrected chi connectivity index (χ4v) is 3.08. The molecular weight excluding hydrogens is 254 g/mol. The SMILES string of the molecule is CCCNC(CSc1ccccc1C)c1ccoc1. The van der Waals surface area contributed by atoms with E-state index in [0.717, 1.165) is 18.7 Å². The average Bonchev–Trinajstić information content (AvgIpc) is 2.94. The van der Waals surface area contributed by atoms with Crippen LogP contribution >= 0.6 is 11.8 Å². The third kappa shape index (κ3) is 4.15. The van der Waals surface area contributed by atoms with E-state index in [4.69, 9.17) is 4.42 Å². The van der Waals surface area contributed by atoms with Crippen LogP contribution in [0.1, 0.15) is 30.5 Å². The first-order valence-corrected chi connectivity index (χ1v) is 7.73. The van der Waals surface area contributed by atoms with Gasteiger partial charge in [-0.05, 0) is 37.6 Å². The molecule has 2 rings (SSSR count). The molecule has 0 aliphatic carbocycles. The van der Waals surface area contributed by atoms with Crippen molar-refractivity contribution in [3.63, 3.8) is 0 Å². The zero-order valence-electron chi connectivity index (χ0n) is 11.6. The van der Waals surface area contributed by atoms with E-state index < -0.39 is 0 Å². The van der Waals surface area contributed by atoms with E-state index in [0.29, 0.717) is 6.04 Å². The Labute approximate surface area is 119 Å². The van der Waals surface area contributed by atoms with E-state index in [9.17, 15) is 0 Å². The molecule has 2 nitrogen and oxygen atoms in total. The molecule has 1 aromatic carbocycles. The molecule has 0 aliphatic heterocycles. The first kappa shape index (κ1) is 14.2. The Balaban J connectivity index is 1.99. The van der Waals surface area contributed by atoms with E-state index in [-0.39, 0.29) is 0 Å². The Hall–Kier alpha value is -1.19. The summed E-state index contributed by atoms with van der Waals surface area (Å²) in [5.41, 5.74) is 2.57. The molecule has 1 unspecified atom stereocenters. The Morgan fingerprint density at radius 2 is 2.11 bits per heavy atom. The van der Waals surface area contributed by atoms with Gasteiger partial charge in [-0.15, -0.1) is 11.8 Å². The van der Waals surface area contributed by atoms with Crippen LogP contribution < -0.4 is 5.32 Å². The highest BCUT2D eigenvalue weighted by atomic mass is 32.2. The molecule has 1 N–H and O–H groups in total. The number of nitrogens with one attached hydrogen (secondary N) is 1. The van der Waals surface area contributed by atoms with E-state index >= 15 is 0 Å². The summed E-state index contributed by atoms with van der Waals surface area (Å²) in [7, 11) is 0. The smallest absolute Gasteiger partial charge is 0.0950 e. The van der Waals surface area contributed by atoms with Crippen molar-refractivity contribution in [1.29, 1.82) is 0 Å². The molecular formula is C16H21NOS. The van der Waals surface area contributed by atoms with Crippen LogP contribution in [0.3, 0.4) is 0 Å². The lowest BCUT2D eigenvalue weighted by atomic mass is 10.2. The molecule has 2 aromatic rings. The number of hydrogen-bond donors (Lipinski definition) is 1. The minimum absolute atomic E-state index is 0.350. The third-order valence-corrected chi connectivity index (χ3v) is 4.35. The molecule has 1 heterocycles. The van der Waals surface area contributed by atoms with Gasteiger partial charge in [-0.3, -0.25) is 0 Å². The van der Waals surface area contributed by atoms with Crippen LogP contribution in [-0.2, 0) is 0 Å². The molecule has 1 aromatic heterocycles. The molecule has 0 radical (unpaired) electrons. The van der Waals surface area contributed by atoms with Crippen LogP contribution in [0.4, 0.5) is 0 Å². The highest BCUT2D eigenvalue weighted by molar-refractivity contribution is 7.99. The van der Waals surface area contributed by atoms with Gasteiger partial charge >= 0.3 is 0 Å². The molecule has 102 valence electrons. The monoisotopic (exact) mass is 275 g/mol. The van der Waals surface area contributed by atoms with Crippen molar-refractivity contribution >= 4 is 11.8 Å². The van der Waals surface area contributed by atoms with Gasteiger partial charge in [0.2, 0.25) is 0 Å². The summed E-state index contributed by atoms with van der Waals surface area (Å²) in [5, 5.41) is 3.58. The van der Waals surface area contributed by atoms with Crippen molar-refractivity contribution in [2.45, 2.75) is 31.2 Å². The molecule has 0 saturated carbocycles. The number of hydrogen-bond acceptors (Lipinski definition) is 3. The molecule has 3 heteroatoms. The predicted molar refractivity (Wildman–Crippen MR) is 81.6 cm³/mol. The van der Waals surface area contributed by atoms with Gasteiger partial charge in [0.25, 0.3) is 0 Å². The highest BCUT2D eigenvalue weighted by Crippen LogP contribution is 2.27. The van der Waals surface area contributed by atoms with Crippen LogP contribution in [0, 0.1) is 6.92 Å². The lowest BCUT2D eigenvalue weighted by Gasteiger charge is -2.17. The number of aryl methyl sites for hydroxylation is 1. The van der Waals surface area contributed by atoms with Crippen molar-refractivity contribution in [3.05, 3.63) is 54.0 Å². The summed E-state index contributed by atoms with van der Waals surface area (Å²) in [5.74, 6) is 1.02. The second-order valence-corrected chi connectivity index (χ2v) is 5.70. The standard InChI is InChI=1S/C16H21NOS/c1-3-9-17-15(14-8-10-18-11-14)12-19-16-7-5-4-6-13(16)2/h4-8,10-11,15,17H,3,9,12H2,1-2H3. The molecule has 0 bridgehead atoms. The number of thioether (sulfide) groups is 1. The molecule has 0 fully saturated rings. The number of furan rings is 1. The van der Waals surface area contributed by atoms with Crippen molar-refractivity contribution in [2.24, 2.45) is 0 Å². The predicted octanol–water partition coefficient (Wildman–Crippen LogP) is 4.42. The topological polar surface area (TPSA) is 25.2 Å². The summed E-state index contributed by atoms with van der Waals surface area (Å²) in [6.07, 6.45) is 4.73. The maximum Gasteiger partial charge on any atom is 0.0950 e. The van der Waals surface area contributed by atoms with Gasteiger partial charge in [0.1, 0.15) is 0 Å². The highest BCUT2D eigenvalue weighted by Gasteiger charge is 2.12. The van der Waals surface area contributed by atoms with Gasteiger partial charge < -0.3 is 9.73 Å². The quantitative estimate of drug-likeness (QED) is 0.757. The maximum absolute atomic E-state index is 5.20. The van der Waals surface area contributed by atoms with Gasteiger partial charge in [-0.25, -0.2) is 0 Å². The largest absolute Gasteiger partial charge is 0.472 e. The third-order valence-electron chi connectivity index (χ3n) is 3.09. The molecule has 0 saturated heterocycles. The molecule has 0 amide bonds. The van der Waals surface area contributed by atoms with Crippen LogP contribution in [0.5, 0.6) is 0 Å². The van der Waals surface area contributed by atoms with Crippen LogP contribution in [0.15, 0.2) is 52.2 Å². The number of benzene rings is 1. The van der Waals surface area contributed by atoms with Gasteiger partial charge in [-0.1, -0.05) is 25.1 Å². The maximum atomic E-state index is 5.20. The molecule has 1 atom stereocenters. The first-order chi connectivity index (χ1) is 9.31. The molecule has 19 heavy (non-hydrogen) atoms. The second kappa shape index (κ2) is 7.41. The second-order valence-electron chi connectivity index (χ2n) is 4.64. The van der Waals surface area contributed by atoms with Crippen molar-refractivity contribution in [1.82, 2.24) is 5.32 Å². The van der Waals surface area contributed by atoms with E-state index in [2.05, 4.69) is 43.4 Å². The van der Waals surface area contributed by atoms with Gasteiger partial charge in [-0.2, -0.15) is 0 Å². The minimum atomic E-state index is 0.350. The summed E-state index contributed by atoms with van der Waals surface area (Å²) >= 11 is 1.90. The van der Waals surface area contributed by atoms with Gasteiger partial charge in [0.15, 0.2) is 0 Å². The Kier molecular flexibility index (Phi) is 5.55. The molecule has 0 spiro atoms.